The predicted octanol–water partition coefficient (Wildman–Crippen LogP) is 6.19. The first-order valence-electron chi connectivity index (χ1n) is 24.1. The van der Waals surface area contributed by atoms with Crippen molar-refractivity contribution in [3.63, 3.8) is 0 Å². The van der Waals surface area contributed by atoms with Crippen LogP contribution in [0.5, 0.6) is 17.4 Å². The maximum atomic E-state index is 14.0. The van der Waals surface area contributed by atoms with Gasteiger partial charge in [0.05, 0.1) is 73.6 Å². The Labute approximate surface area is 434 Å². The van der Waals surface area contributed by atoms with Gasteiger partial charge in [0.2, 0.25) is 29.5 Å². The molecule has 5 N–H and O–H groups in total. The first-order valence-corrected chi connectivity index (χ1v) is 25.0. The lowest BCUT2D eigenvalue weighted by molar-refractivity contribution is -0.144. The van der Waals surface area contributed by atoms with Crippen LogP contribution in [-0.2, 0) is 47.7 Å². The summed E-state index contributed by atoms with van der Waals surface area (Å²) in [6.07, 6.45) is -4.46. The van der Waals surface area contributed by atoms with Crippen LogP contribution in [0.2, 0.25) is 0 Å². The molecule has 2 aromatic heterocycles. The highest BCUT2D eigenvalue weighted by Crippen LogP contribution is 2.40. The number of benzene rings is 3. The van der Waals surface area contributed by atoms with E-state index in [4.69, 9.17) is 23.7 Å². The Morgan fingerprint density at radius 1 is 0.907 bits per heavy atom. The summed E-state index contributed by atoms with van der Waals surface area (Å²) in [4.78, 5) is 80.3. The Morgan fingerprint density at radius 3 is 2.33 bits per heavy atom. The van der Waals surface area contributed by atoms with Crippen LogP contribution >= 0.6 is 11.3 Å². The van der Waals surface area contributed by atoms with Gasteiger partial charge in [0.15, 0.2) is 5.78 Å². The molecule has 0 saturated carbocycles. The number of halogens is 3. The van der Waals surface area contributed by atoms with Crippen molar-refractivity contribution in [2.24, 2.45) is 5.41 Å². The number of nitrogens with one attached hydrogen (secondary N) is 4. The number of aliphatic hydroxyl groups is 1. The fourth-order valence-corrected chi connectivity index (χ4v) is 9.16. The number of methoxy groups -OCH3 is 1. The minimum atomic E-state index is -4.86. The van der Waals surface area contributed by atoms with Gasteiger partial charge in [0.25, 0.3) is 5.91 Å². The van der Waals surface area contributed by atoms with Crippen molar-refractivity contribution in [2.45, 2.75) is 77.9 Å². The molecule has 0 spiro atoms. The number of amides is 4. The zero-order valence-corrected chi connectivity index (χ0v) is 42.8. The number of hydrogen-bond acceptors (Lipinski definition) is 16. The summed E-state index contributed by atoms with van der Waals surface area (Å²) in [7, 11) is 1.35. The van der Waals surface area contributed by atoms with Crippen molar-refractivity contribution >= 4 is 52.4 Å². The number of fused-ring (bicyclic) bond motifs is 1. The lowest BCUT2D eigenvalue weighted by Crippen LogP contribution is -2.58. The second-order valence-electron chi connectivity index (χ2n) is 18.7. The number of alkyl halides is 3. The second kappa shape index (κ2) is 25.0. The van der Waals surface area contributed by atoms with Crippen LogP contribution in [0, 0.1) is 12.3 Å². The summed E-state index contributed by atoms with van der Waals surface area (Å²) < 4.78 is 69.6. The number of anilines is 2. The molecule has 3 heterocycles. The quantitative estimate of drug-likeness (QED) is 0.0459. The van der Waals surface area contributed by atoms with Gasteiger partial charge in [0.1, 0.15) is 35.8 Å². The molecule has 0 unspecified atom stereocenters. The topological polar surface area (TPSA) is 242 Å². The number of ether oxygens (including phenoxy) is 5. The summed E-state index contributed by atoms with van der Waals surface area (Å²) in [5.41, 5.74) is 3.98. The minimum absolute atomic E-state index is 0.0409. The number of aliphatic hydroxyl groups excluding tert-OH is 1. The monoisotopic (exact) mass is 1060 g/mol. The van der Waals surface area contributed by atoms with Crippen LogP contribution < -0.4 is 30.7 Å². The molecular weight excluding hydrogens is 1000 g/mol. The average molecular weight is 1060 g/mol. The molecule has 3 atom stereocenters. The molecule has 7 rings (SSSR count). The number of aryl methyl sites for hydroxylation is 2. The van der Waals surface area contributed by atoms with Crippen molar-refractivity contribution < 1.29 is 65.9 Å². The fraction of sp³-hybridized carbons (Fsp3) is 0.423. The maximum absolute atomic E-state index is 14.0. The number of carbonyl (C=O) groups is 5. The molecule has 1 aliphatic carbocycles. The summed E-state index contributed by atoms with van der Waals surface area (Å²) >= 11 is 1.55. The molecule has 2 aliphatic rings. The second-order valence-corrected chi connectivity index (χ2v) is 19.6. The SMILES string of the molecule is COc1cc(C(=O)NCCOCCOCCOCC(=O)N[C@H](C(=O)N2C[C@@H](O)C[C@H]2C(=O)NCc2ccc(-c3scnc3C)cc2)C(C)(C)C)ccc1Nc1ncc(C(F)(F)F)c(Oc2cccc3c2C(=O)CC3)n1. The Balaban J connectivity index is 0.786. The van der Waals surface area contributed by atoms with E-state index in [1.54, 1.807) is 49.8 Å². The van der Waals surface area contributed by atoms with Gasteiger partial charge < -0.3 is 55.0 Å². The van der Waals surface area contributed by atoms with Crippen molar-refractivity contribution in [1.82, 2.24) is 35.8 Å². The van der Waals surface area contributed by atoms with Crippen molar-refractivity contribution in [2.75, 3.05) is 65.2 Å². The highest BCUT2D eigenvalue weighted by atomic mass is 32.1. The van der Waals surface area contributed by atoms with Gasteiger partial charge >= 0.3 is 6.18 Å². The number of thiazole rings is 1. The predicted molar refractivity (Wildman–Crippen MR) is 269 cm³/mol. The molecule has 5 aromatic rings. The number of aromatic nitrogens is 3. The standard InChI is InChI=1S/C52H59F3N8O11S/c1-30-44(75-29-59-30)33-11-9-31(10-12-33)25-57-47(68)38-24-35(64)27-63(38)49(69)45(51(2,3)4)61-42(66)28-73-22-21-72-20-19-71-18-17-56-46(67)34-13-15-37(41(23-34)70-5)60-50-58-26-36(52(53,54)55)48(62-50)74-40-8-6-7-32-14-16-39(65)43(32)40/h6-13,15,23,26,29,35,38,45,64H,14,16-22,24-25,27-28H2,1-5H3,(H,56,67)(H,57,68)(H,61,66)(H,58,60,62)/t35-,38-,45+/m0/s1. The molecule has 0 radical (unpaired) electrons. The number of β-amino-alcohol motifs (C(OH)–C–C–N with tert-alkyl or cyclic N) is 1. The highest BCUT2D eigenvalue weighted by Gasteiger charge is 2.44. The van der Waals surface area contributed by atoms with E-state index >= 15 is 0 Å². The van der Waals surface area contributed by atoms with E-state index in [2.05, 4.69) is 36.2 Å². The first kappa shape index (κ1) is 55.7. The largest absolute Gasteiger partial charge is 0.495 e. The number of carbonyl (C=O) groups excluding carboxylic acids is 5. The summed E-state index contributed by atoms with van der Waals surface area (Å²) in [6, 6.07) is 14.9. The van der Waals surface area contributed by atoms with Gasteiger partial charge in [-0.2, -0.15) is 18.2 Å². The minimum Gasteiger partial charge on any atom is -0.495 e. The van der Waals surface area contributed by atoms with Gasteiger partial charge in [-0.25, -0.2) is 9.97 Å². The summed E-state index contributed by atoms with van der Waals surface area (Å²) in [6.45, 7) is 8.00. The van der Waals surface area contributed by atoms with E-state index in [1.165, 1.54) is 36.3 Å². The number of likely N-dealkylation sites (tertiary alicyclic amines) is 1. The zero-order chi connectivity index (χ0) is 53.9. The van der Waals surface area contributed by atoms with Crippen LogP contribution in [0.3, 0.4) is 0 Å². The molecule has 1 fully saturated rings. The fourth-order valence-electron chi connectivity index (χ4n) is 8.35. The average Bonchev–Trinajstić information content (AvgIpc) is 4.11. The van der Waals surface area contributed by atoms with Gasteiger partial charge in [0, 0.05) is 44.2 Å². The van der Waals surface area contributed by atoms with Crippen LogP contribution in [0.1, 0.15) is 76.7 Å². The van der Waals surface area contributed by atoms with Crippen molar-refractivity contribution in [1.29, 1.82) is 0 Å². The number of rotatable bonds is 23. The molecule has 23 heteroatoms. The molecule has 1 aliphatic heterocycles. The number of Topliss-reactive ketones (excluding diaryl/α,β-unsaturated/α-hetero) is 1. The van der Waals surface area contributed by atoms with Crippen LogP contribution in [0.25, 0.3) is 10.4 Å². The smallest absolute Gasteiger partial charge is 0.423 e. The number of hydrogen-bond donors (Lipinski definition) is 5. The van der Waals surface area contributed by atoms with Crippen LogP contribution in [0.4, 0.5) is 24.8 Å². The van der Waals surface area contributed by atoms with Gasteiger partial charge in [-0.3, -0.25) is 24.0 Å². The Kier molecular flexibility index (Phi) is 18.6. The van der Waals surface area contributed by atoms with Gasteiger partial charge in [-0.05, 0) is 59.7 Å². The Morgan fingerprint density at radius 2 is 1.64 bits per heavy atom. The Bertz CT molecular complexity index is 2840. The summed E-state index contributed by atoms with van der Waals surface area (Å²) in [5, 5.41) is 21.7. The Hall–Kier alpha value is -7.05. The number of nitrogens with zero attached hydrogens (tertiary/aromatic N) is 4. The third kappa shape index (κ3) is 14.6. The van der Waals surface area contributed by atoms with Crippen molar-refractivity contribution in [3.8, 4) is 27.8 Å². The maximum Gasteiger partial charge on any atom is 0.423 e. The van der Waals surface area contributed by atoms with Crippen LogP contribution in [0.15, 0.2) is 72.4 Å². The van der Waals surface area contributed by atoms with E-state index in [0.717, 1.165) is 21.7 Å². The van der Waals surface area contributed by atoms with E-state index in [9.17, 15) is 42.3 Å². The first-order chi connectivity index (χ1) is 35.8. The molecule has 19 nitrogen and oxygen atoms in total. The van der Waals surface area contributed by atoms with E-state index in [-0.39, 0.29) is 112 Å². The molecule has 0 bridgehead atoms. The molecule has 1 saturated heterocycles. The lowest BCUT2D eigenvalue weighted by Gasteiger charge is -2.35. The lowest BCUT2D eigenvalue weighted by atomic mass is 9.85. The molecule has 4 amide bonds. The molecular formula is C52H59F3N8O11S. The van der Waals surface area contributed by atoms with Gasteiger partial charge in [-0.15, -0.1) is 11.3 Å². The van der Waals surface area contributed by atoms with Crippen LogP contribution in [-0.4, -0.2) is 132 Å². The summed E-state index contributed by atoms with van der Waals surface area (Å²) in [5.74, 6) is -3.08. The van der Waals surface area contributed by atoms with Gasteiger partial charge in [-0.1, -0.05) is 57.2 Å². The molecule has 3 aromatic carbocycles. The molecule has 400 valence electrons. The highest BCUT2D eigenvalue weighted by molar-refractivity contribution is 7.13. The van der Waals surface area contributed by atoms with Crippen molar-refractivity contribution in [3.05, 3.63) is 106 Å². The third-order valence-corrected chi connectivity index (χ3v) is 13.2. The normalized spacial score (nSPS) is 15.8. The number of ketones is 1. The zero-order valence-electron chi connectivity index (χ0n) is 42.0. The van der Waals surface area contributed by atoms with E-state index in [1.807, 2.05) is 31.2 Å². The third-order valence-electron chi connectivity index (χ3n) is 12.2. The van der Waals surface area contributed by atoms with E-state index in [0.29, 0.717) is 18.2 Å². The molecule has 75 heavy (non-hydrogen) atoms. The van der Waals surface area contributed by atoms with E-state index < -0.39 is 64.9 Å².